The molecule has 1 aromatic rings. The van der Waals surface area contributed by atoms with Crippen molar-refractivity contribution in [2.45, 2.75) is 26.8 Å². The van der Waals surface area contributed by atoms with Gasteiger partial charge in [-0.25, -0.2) is 4.39 Å². The van der Waals surface area contributed by atoms with E-state index >= 15 is 0 Å². The summed E-state index contributed by atoms with van der Waals surface area (Å²) in [6.45, 7) is 7.72. The summed E-state index contributed by atoms with van der Waals surface area (Å²) in [6, 6.07) is 5.14. The lowest BCUT2D eigenvalue weighted by atomic mass is 9.88. The van der Waals surface area contributed by atoms with Crippen LogP contribution in [0.25, 0.3) is 0 Å². The Kier molecular flexibility index (Phi) is 4.21. The Morgan fingerprint density at radius 3 is 2.71 bits per heavy atom. The van der Waals surface area contributed by atoms with E-state index in [1.54, 1.807) is 6.07 Å². The van der Waals surface area contributed by atoms with Crippen molar-refractivity contribution in [3.63, 3.8) is 0 Å². The van der Waals surface area contributed by atoms with E-state index in [1.165, 1.54) is 12.5 Å². The second-order valence-corrected chi connectivity index (χ2v) is 6.17. The maximum atomic E-state index is 13.3. The predicted molar refractivity (Wildman–Crippen MR) is 72.3 cm³/mol. The van der Waals surface area contributed by atoms with Crippen LogP contribution in [-0.4, -0.2) is 18.0 Å². The van der Waals surface area contributed by atoms with Gasteiger partial charge in [-0.2, -0.15) is 0 Å². The number of nitrogens with zero attached hydrogens (tertiary/aromatic N) is 1. The van der Waals surface area contributed by atoms with Gasteiger partial charge in [-0.05, 0) is 48.6 Å². The summed E-state index contributed by atoms with van der Waals surface area (Å²) in [7, 11) is 0. The molecule has 3 heteroatoms. The van der Waals surface area contributed by atoms with Crippen LogP contribution < -0.4 is 0 Å². The average Bonchev–Trinajstić information content (AvgIpc) is 2.22. The monoisotopic (exact) mass is 299 g/mol. The number of likely N-dealkylation sites (tertiary alicyclic amines) is 1. The molecule has 0 N–H and O–H groups in total. The van der Waals surface area contributed by atoms with Crippen molar-refractivity contribution in [3.8, 4) is 0 Å². The maximum absolute atomic E-state index is 13.3. The summed E-state index contributed by atoms with van der Waals surface area (Å²) >= 11 is 3.34. The second kappa shape index (κ2) is 5.49. The van der Waals surface area contributed by atoms with Crippen LogP contribution in [0.2, 0.25) is 0 Å². The van der Waals surface area contributed by atoms with E-state index < -0.39 is 0 Å². The highest BCUT2D eigenvalue weighted by molar-refractivity contribution is 9.10. The molecule has 0 aliphatic carbocycles. The Labute approximate surface area is 111 Å². The van der Waals surface area contributed by atoms with Gasteiger partial charge >= 0.3 is 0 Å². The van der Waals surface area contributed by atoms with E-state index in [4.69, 9.17) is 0 Å². The van der Waals surface area contributed by atoms with Crippen LogP contribution in [0.1, 0.15) is 25.8 Å². The minimum atomic E-state index is -0.159. The van der Waals surface area contributed by atoms with Crippen LogP contribution >= 0.6 is 15.9 Å². The number of piperidine rings is 1. The molecule has 2 rings (SSSR count). The van der Waals surface area contributed by atoms with Crippen LogP contribution in [0.4, 0.5) is 4.39 Å². The van der Waals surface area contributed by atoms with E-state index in [9.17, 15) is 4.39 Å². The zero-order valence-electron chi connectivity index (χ0n) is 10.4. The normalized spacial score (nSPS) is 26.1. The molecule has 0 spiro atoms. The van der Waals surface area contributed by atoms with Gasteiger partial charge in [0, 0.05) is 17.6 Å². The van der Waals surface area contributed by atoms with Gasteiger partial charge in [0.25, 0.3) is 0 Å². The Morgan fingerprint density at radius 1 is 1.29 bits per heavy atom. The molecule has 0 saturated carbocycles. The molecule has 1 aliphatic heterocycles. The molecule has 2 unspecified atom stereocenters. The molecule has 1 saturated heterocycles. The fourth-order valence-electron chi connectivity index (χ4n) is 2.45. The van der Waals surface area contributed by atoms with Gasteiger partial charge in [0.2, 0.25) is 0 Å². The standard InChI is InChI=1S/C14H19BrFN/c1-10-3-4-17(8-11(10)2)9-12-5-13(15)7-14(16)6-12/h5-7,10-11H,3-4,8-9H2,1-2H3. The lowest BCUT2D eigenvalue weighted by Gasteiger charge is -2.35. The third-order valence-corrected chi connectivity index (χ3v) is 4.20. The lowest BCUT2D eigenvalue weighted by Crippen LogP contribution is -2.37. The number of halogens is 2. The van der Waals surface area contributed by atoms with Crippen molar-refractivity contribution in [1.29, 1.82) is 0 Å². The molecule has 1 aliphatic rings. The smallest absolute Gasteiger partial charge is 0.124 e. The van der Waals surface area contributed by atoms with E-state index in [2.05, 4.69) is 34.7 Å². The van der Waals surface area contributed by atoms with Crippen LogP contribution in [0.5, 0.6) is 0 Å². The van der Waals surface area contributed by atoms with Crippen molar-refractivity contribution in [2.75, 3.05) is 13.1 Å². The van der Waals surface area contributed by atoms with Crippen molar-refractivity contribution < 1.29 is 4.39 Å². The summed E-state index contributed by atoms with van der Waals surface area (Å²) < 4.78 is 14.1. The Hall–Kier alpha value is -0.410. The van der Waals surface area contributed by atoms with E-state index in [0.717, 1.165) is 41.5 Å². The van der Waals surface area contributed by atoms with Crippen LogP contribution in [-0.2, 0) is 6.54 Å². The zero-order valence-corrected chi connectivity index (χ0v) is 12.0. The van der Waals surface area contributed by atoms with E-state index in [0.29, 0.717) is 0 Å². The molecule has 2 atom stereocenters. The molecule has 1 aromatic carbocycles. The first kappa shape index (κ1) is 13.0. The first-order chi connectivity index (χ1) is 8.04. The molecule has 0 aromatic heterocycles. The van der Waals surface area contributed by atoms with Crippen LogP contribution in [0, 0.1) is 17.7 Å². The first-order valence-corrected chi connectivity index (χ1v) is 7.01. The van der Waals surface area contributed by atoms with Gasteiger partial charge in [-0.15, -0.1) is 0 Å². The molecule has 17 heavy (non-hydrogen) atoms. The zero-order chi connectivity index (χ0) is 12.4. The number of benzene rings is 1. The fraction of sp³-hybridized carbons (Fsp3) is 0.571. The molecule has 1 nitrogen and oxygen atoms in total. The summed E-state index contributed by atoms with van der Waals surface area (Å²) in [5, 5.41) is 0. The molecular formula is C14H19BrFN. The number of hydrogen-bond acceptors (Lipinski definition) is 1. The summed E-state index contributed by atoms with van der Waals surface area (Å²) in [5.41, 5.74) is 1.05. The third kappa shape index (κ3) is 3.52. The van der Waals surface area contributed by atoms with Gasteiger partial charge in [0.05, 0.1) is 0 Å². The minimum Gasteiger partial charge on any atom is -0.299 e. The fourth-order valence-corrected chi connectivity index (χ4v) is 2.97. The molecule has 94 valence electrons. The molecule has 0 bridgehead atoms. The first-order valence-electron chi connectivity index (χ1n) is 6.22. The Bertz CT molecular complexity index is 374. The van der Waals surface area contributed by atoms with Crippen molar-refractivity contribution >= 4 is 15.9 Å². The van der Waals surface area contributed by atoms with Crippen LogP contribution in [0.3, 0.4) is 0 Å². The second-order valence-electron chi connectivity index (χ2n) is 5.26. The van der Waals surface area contributed by atoms with Gasteiger partial charge < -0.3 is 0 Å². The number of hydrogen-bond donors (Lipinski definition) is 0. The highest BCUT2D eigenvalue weighted by Crippen LogP contribution is 2.24. The molecule has 1 fully saturated rings. The van der Waals surface area contributed by atoms with Crippen LogP contribution in [0.15, 0.2) is 22.7 Å². The van der Waals surface area contributed by atoms with Gasteiger partial charge in [-0.1, -0.05) is 29.8 Å². The molecule has 1 heterocycles. The quantitative estimate of drug-likeness (QED) is 0.796. The third-order valence-electron chi connectivity index (χ3n) is 3.75. The minimum absolute atomic E-state index is 0.159. The molecular weight excluding hydrogens is 281 g/mol. The Balaban J connectivity index is 2.01. The van der Waals surface area contributed by atoms with E-state index in [-0.39, 0.29) is 5.82 Å². The maximum Gasteiger partial charge on any atom is 0.124 e. The SMILES string of the molecule is CC1CCN(Cc2cc(F)cc(Br)c2)CC1C. The number of rotatable bonds is 2. The molecule has 0 radical (unpaired) electrons. The highest BCUT2D eigenvalue weighted by atomic mass is 79.9. The summed E-state index contributed by atoms with van der Waals surface area (Å²) in [6.07, 6.45) is 1.25. The van der Waals surface area contributed by atoms with Gasteiger partial charge in [0.1, 0.15) is 5.82 Å². The summed E-state index contributed by atoms with van der Waals surface area (Å²) in [5.74, 6) is 1.39. The van der Waals surface area contributed by atoms with Gasteiger partial charge in [-0.3, -0.25) is 4.90 Å². The average molecular weight is 300 g/mol. The predicted octanol–water partition coefficient (Wildman–Crippen LogP) is 4.07. The van der Waals surface area contributed by atoms with Crippen molar-refractivity contribution in [3.05, 3.63) is 34.1 Å². The van der Waals surface area contributed by atoms with Gasteiger partial charge in [0.15, 0.2) is 0 Å². The largest absolute Gasteiger partial charge is 0.299 e. The topological polar surface area (TPSA) is 3.24 Å². The van der Waals surface area contributed by atoms with Crippen molar-refractivity contribution in [2.24, 2.45) is 11.8 Å². The highest BCUT2D eigenvalue weighted by Gasteiger charge is 2.22. The Morgan fingerprint density at radius 2 is 2.06 bits per heavy atom. The van der Waals surface area contributed by atoms with Crippen molar-refractivity contribution in [1.82, 2.24) is 4.90 Å². The molecule has 0 amide bonds. The lowest BCUT2D eigenvalue weighted by molar-refractivity contribution is 0.132. The summed E-state index contributed by atoms with van der Waals surface area (Å²) in [4.78, 5) is 2.42. The van der Waals surface area contributed by atoms with E-state index in [1.807, 2.05) is 6.07 Å².